The Morgan fingerprint density at radius 1 is 1.33 bits per heavy atom. The van der Waals surface area contributed by atoms with Crippen LogP contribution in [0.3, 0.4) is 0 Å². The molecule has 3 nitrogen and oxygen atoms in total. The molecule has 78 valence electrons. The van der Waals surface area contributed by atoms with Crippen LogP contribution in [0, 0.1) is 0 Å². The Bertz CT molecular complexity index is 441. The van der Waals surface area contributed by atoms with Crippen molar-refractivity contribution >= 4 is 29.2 Å². The molecule has 0 unspecified atom stereocenters. The summed E-state index contributed by atoms with van der Waals surface area (Å²) in [5, 5.41) is 7.92. The van der Waals surface area contributed by atoms with E-state index in [2.05, 4.69) is 22.3 Å². The zero-order valence-electron chi connectivity index (χ0n) is 7.90. The van der Waals surface area contributed by atoms with E-state index in [1.165, 1.54) is 5.56 Å². The minimum atomic E-state index is 0.423. The highest BCUT2D eigenvalue weighted by atomic mass is 35.5. The number of nitrogens with two attached hydrogens (primary N) is 1. The van der Waals surface area contributed by atoms with Gasteiger partial charge in [-0.2, -0.15) is 5.10 Å². The Balaban J connectivity index is 2.02. The van der Waals surface area contributed by atoms with Gasteiger partial charge >= 0.3 is 0 Å². The van der Waals surface area contributed by atoms with Crippen LogP contribution in [0.1, 0.15) is 5.56 Å². The number of aromatic amines is 1. The molecule has 0 fully saturated rings. The molecule has 0 bridgehead atoms. The van der Waals surface area contributed by atoms with Gasteiger partial charge in [0.05, 0.1) is 0 Å². The summed E-state index contributed by atoms with van der Waals surface area (Å²) >= 11 is 7.50. The largest absolute Gasteiger partial charge is 0.383 e. The average molecular weight is 240 g/mol. The highest BCUT2D eigenvalue weighted by molar-refractivity contribution is 7.98. The summed E-state index contributed by atoms with van der Waals surface area (Å²) in [5.74, 6) is 1.26. The van der Waals surface area contributed by atoms with Crippen molar-refractivity contribution < 1.29 is 0 Å². The van der Waals surface area contributed by atoms with Crippen molar-refractivity contribution in [2.75, 3.05) is 5.73 Å². The molecule has 2 aromatic rings. The molecule has 1 aromatic carbocycles. The van der Waals surface area contributed by atoms with E-state index in [0.717, 1.165) is 10.8 Å². The van der Waals surface area contributed by atoms with Gasteiger partial charge in [-0.1, -0.05) is 53.7 Å². The SMILES string of the molecule is Nc1[nH]nc(SCc2ccccc2)c1Cl. The third-order valence-corrected chi connectivity index (χ3v) is 3.46. The van der Waals surface area contributed by atoms with Crippen molar-refractivity contribution in [3.63, 3.8) is 0 Å². The van der Waals surface area contributed by atoms with Crippen LogP contribution in [0.15, 0.2) is 35.4 Å². The molecule has 0 saturated carbocycles. The molecule has 0 saturated heterocycles. The number of thioether (sulfide) groups is 1. The van der Waals surface area contributed by atoms with Gasteiger partial charge in [-0.25, -0.2) is 0 Å². The van der Waals surface area contributed by atoms with E-state index in [1.807, 2.05) is 18.2 Å². The standard InChI is InChI=1S/C10H10ClN3S/c11-8-9(12)13-14-10(8)15-6-7-4-2-1-3-5-7/h1-5H,6H2,(H3,12,13,14). The van der Waals surface area contributed by atoms with E-state index in [9.17, 15) is 0 Å². The van der Waals surface area contributed by atoms with Gasteiger partial charge in [-0.15, -0.1) is 0 Å². The average Bonchev–Trinajstić information content (AvgIpc) is 2.59. The number of rotatable bonds is 3. The summed E-state index contributed by atoms with van der Waals surface area (Å²) in [6.45, 7) is 0. The molecular formula is C10H10ClN3S. The quantitative estimate of drug-likeness (QED) is 0.810. The fraction of sp³-hybridized carbons (Fsp3) is 0.100. The molecule has 15 heavy (non-hydrogen) atoms. The maximum absolute atomic E-state index is 5.94. The molecule has 0 atom stereocenters. The first-order chi connectivity index (χ1) is 7.27. The first-order valence-electron chi connectivity index (χ1n) is 4.43. The van der Waals surface area contributed by atoms with Gasteiger partial charge in [-0.3, -0.25) is 5.10 Å². The fourth-order valence-electron chi connectivity index (χ4n) is 1.15. The zero-order valence-corrected chi connectivity index (χ0v) is 9.48. The Morgan fingerprint density at radius 2 is 2.07 bits per heavy atom. The smallest absolute Gasteiger partial charge is 0.139 e. The van der Waals surface area contributed by atoms with Crippen molar-refractivity contribution in [1.82, 2.24) is 10.2 Å². The van der Waals surface area contributed by atoms with E-state index in [4.69, 9.17) is 17.3 Å². The monoisotopic (exact) mass is 239 g/mol. The third kappa shape index (κ3) is 2.46. The number of nitrogen functional groups attached to an aromatic ring is 1. The predicted molar refractivity (Wildman–Crippen MR) is 64.0 cm³/mol. The van der Waals surface area contributed by atoms with Crippen LogP contribution in [0.2, 0.25) is 5.02 Å². The summed E-state index contributed by atoms with van der Waals surface area (Å²) in [6.07, 6.45) is 0. The number of H-pyrrole nitrogens is 1. The number of halogens is 1. The number of nitrogens with zero attached hydrogens (tertiary/aromatic N) is 1. The summed E-state index contributed by atoms with van der Waals surface area (Å²) < 4.78 is 0. The van der Waals surface area contributed by atoms with Crippen molar-refractivity contribution in [3.8, 4) is 0 Å². The van der Waals surface area contributed by atoms with E-state index >= 15 is 0 Å². The molecule has 1 heterocycles. The molecule has 0 aliphatic rings. The normalized spacial score (nSPS) is 10.5. The van der Waals surface area contributed by atoms with Gasteiger partial charge < -0.3 is 5.73 Å². The lowest BCUT2D eigenvalue weighted by Crippen LogP contribution is -1.83. The summed E-state index contributed by atoms with van der Waals surface area (Å²) in [5.41, 5.74) is 6.78. The minimum Gasteiger partial charge on any atom is -0.383 e. The minimum absolute atomic E-state index is 0.423. The van der Waals surface area contributed by atoms with Crippen molar-refractivity contribution in [2.24, 2.45) is 0 Å². The lowest BCUT2D eigenvalue weighted by molar-refractivity contribution is 1.01. The van der Waals surface area contributed by atoms with Crippen LogP contribution in [0.25, 0.3) is 0 Å². The van der Waals surface area contributed by atoms with Crippen LogP contribution < -0.4 is 5.73 Å². The molecule has 3 N–H and O–H groups in total. The van der Waals surface area contributed by atoms with Gasteiger partial charge in [0.2, 0.25) is 0 Å². The van der Waals surface area contributed by atoms with Crippen LogP contribution >= 0.6 is 23.4 Å². The van der Waals surface area contributed by atoms with Gasteiger partial charge in [0.25, 0.3) is 0 Å². The summed E-state index contributed by atoms with van der Waals surface area (Å²) in [7, 11) is 0. The number of nitrogens with one attached hydrogen (secondary N) is 1. The topological polar surface area (TPSA) is 54.7 Å². The molecule has 2 rings (SSSR count). The van der Waals surface area contributed by atoms with E-state index < -0.39 is 0 Å². The van der Waals surface area contributed by atoms with E-state index in [-0.39, 0.29) is 0 Å². The van der Waals surface area contributed by atoms with Crippen LogP contribution in [-0.4, -0.2) is 10.2 Å². The number of benzene rings is 1. The molecule has 0 aliphatic heterocycles. The summed E-state index contributed by atoms with van der Waals surface area (Å²) in [4.78, 5) is 0. The van der Waals surface area contributed by atoms with Crippen LogP contribution in [0.5, 0.6) is 0 Å². The Hall–Kier alpha value is -1.13. The second-order valence-electron chi connectivity index (χ2n) is 3.03. The van der Waals surface area contributed by atoms with Gasteiger partial charge in [0.15, 0.2) is 0 Å². The third-order valence-electron chi connectivity index (χ3n) is 1.92. The first-order valence-corrected chi connectivity index (χ1v) is 5.80. The van der Waals surface area contributed by atoms with Crippen LogP contribution in [-0.2, 0) is 5.75 Å². The van der Waals surface area contributed by atoms with E-state index in [1.54, 1.807) is 11.8 Å². The van der Waals surface area contributed by atoms with Crippen molar-refractivity contribution in [1.29, 1.82) is 0 Å². The number of aromatic nitrogens is 2. The molecular weight excluding hydrogens is 230 g/mol. The second kappa shape index (κ2) is 4.59. The number of hydrogen-bond donors (Lipinski definition) is 2. The van der Waals surface area contributed by atoms with Crippen molar-refractivity contribution in [2.45, 2.75) is 10.8 Å². The molecule has 0 aliphatic carbocycles. The van der Waals surface area contributed by atoms with Crippen LogP contribution in [0.4, 0.5) is 5.82 Å². The van der Waals surface area contributed by atoms with Gasteiger partial charge in [0, 0.05) is 5.75 Å². The number of hydrogen-bond acceptors (Lipinski definition) is 3. The van der Waals surface area contributed by atoms with Gasteiger partial charge in [-0.05, 0) is 5.56 Å². The first kappa shape index (κ1) is 10.4. The predicted octanol–water partition coefficient (Wildman–Crippen LogP) is 2.94. The second-order valence-corrected chi connectivity index (χ2v) is 4.37. The molecule has 1 aromatic heterocycles. The zero-order chi connectivity index (χ0) is 10.7. The fourth-order valence-corrected chi connectivity index (χ4v) is 2.24. The maximum atomic E-state index is 5.94. The molecule has 0 amide bonds. The molecule has 0 spiro atoms. The van der Waals surface area contributed by atoms with Crippen molar-refractivity contribution in [3.05, 3.63) is 40.9 Å². The Labute approximate surface area is 97.0 Å². The summed E-state index contributed by atoms with van der Waals surface area (Å²) in [6, 6.07) is 10.1. The molecule has 0 radical (unpaired) electrons. The lowest BCUT2D eigenvalue weighted by atomic mass is 10.2. The maximum Gasteiger partial charge on any atom is 0.139 e. The Kier molecular flexibility index (Phi) is 3.18. The highest BCUT2D eigenvalue weighted by Gasteiger charge is 2.08. The number of anilines is 1. The Morgan fingerprint density at radius 3 is 2.67 bits per heavy atom. The van der Waals surface area contributed by atoms with E-state index in [0.29, 0.717) is 10.8 Å². The molecule has 5 heteroatoms. The van der Waals surface area contributed by atoms with Gasteiger partial charge in [0.1, 0.15) is 15.9 Å². The lowest BCUT2D eigenvalue weighted by Gasteiger charge is -1.98. The highest BCUT2D eigenvalue weighted by Crippen LogP contribution is 2.30.